The molecule has 6 heteroatoms. The first kappa shape index (κ1) is 17.7. The molecule has 0 aliphatic carbocycles. The second-order valence-electron chi connectivity index (χ2n) is 4.60. The molecule has 0 fully saturated rings. The van der Waals surface area contributed by atoms with E-state index in [1.807, 2.05) is 0 Å². The van der Waals surface area contributed by atoms with Gasteiger partial charge in [-0.05, 0) is 12.5 Å². The summed E-state index contributed by atoms with van der Waals surface area (Å²) in [6.07, 6.45) is -2.47. The summed E-state index contributed by atoms with van der Waals surface area (Å²) in [7, 11) is 1.60. The van der Waals surface area contributed by atoms with Crippen LogP contribution in [0.5, 0.6) is 0 Å². The van der Waals surface area contributed by atoms with E-state index in [1.165, 1.54) is 36.2 Å². The molecular weight excluding hydrogens is 293 g/mol. The molecule has 0 aliphatic heterocycles. The fourth-order valence-electron chi connectivity index (χ4n) is 1.72. The number of hydrogen-bond acceptors (Lipinski definition) is 3. The average Bonchev–Trinajstić information content (AvgIpc) is 2.44. The Morgan fingerprint density at radius 1 is 1.32 bits per heavy atom. The number of hydrogen-bond donors (Lipinski definition) is 0. The third-order valence-corrected chi connectivity index (χ3v) is 2.74. The van der Waals surface area contributed by atoms with Crippen molar-refractivity contribution in [2.24, 2.45) is 5.10 Å². The van der Waals surface area contributed by atoms with E-state index in [4.69, 9.17) is 0 Å². The van der Waals surface area contributed by atoms with Crippen LogP contribution in [-0.2, 0) is 4.79 Å². The number of likely N-dealkylation sites (N-methyl/N-ethyl adjacent to an activating group) is 1. The lowest BCUT2D eigenvalue weighted by molar-refractivity contribution is -0.109. The Labute approximate surface area is 127 Å². The van der Waals surface area contributed by atoms with Gasteiger partial charge in [-0.1, -0.05) is 36.4 Å². The number of halogens is 3. The van der Waals surface area contributed by atoms with Crippen LogP contribution in [0.25, 0.3) is 5.57 Å². The quantitative estimate of drug-likeness (QED) is 0.347. The molecule has 1 aromatic carbocycles. The van der Waals surface area contributed by atoms with E-state index < -0.39 is 17.5 Å². The van der Waals surface area contributed by atoms with Gasteiger partial charge in [0.2, 0.25) is 5.78 Å². The van der Waals surface area contributed by atoms with Gasteiger partial charge in [0.25, 0.3) is 0 Å². The number of carbonyl (C=O) groups is 1. The predicted octanol–water partition coefficient (Wildman–Crippen LogP) is 3.70. The number of ketones is 1. The van der Waals surface area contributed by atoms with Gasteiger partial charge < -0.3 is 0 Å². The number of carbonyl (C=O) groups excluding carboxylic acids is 1. The molecule has 3 nitrogen and oxygen atoms in total. The summed E-state index contributed by atoms with van der Waals surface area (Å²) in [6, 6.07) is 7.19. The van der Waals surface area contributed by atoms with Crippen molar-refractivity contribution in [3.8, 4) is 0 Å². The van der Waals surface area contributed by atoms with Crippen LogP contribution in [0, 0.1) is 0 Å². The molecule has 0 unspecified atom stereocenters. The first-order valence-corrected chi connectivity index (χ1v) is 6.51. The maximum atomic E-state index is 13.1. The van der Waals surface area contributed by atoms with Crippen molar-refractivity contribution in [2.45, 2.75) is 13.1 Å². The zero-order valence-electron chi connectivity index (χ0n) is 12.4. The zero-order valence-corrected chi connectivity index (χ0v) is 12.4. The SMILES string of the molecule is C=CCN(C)/N=C(\C)C(=O)/C=C(\c1ccccc1)C(F)(F)F. The number of alkyl halides is 3. The molecule has 0 radical (unpaired) electrons. The van der Waals surface area contributed by atoms with Gasteiger partial charge in [0, 0.05) is 13.1 Å². The van der Waals surface area contributed by atoms with E-state index >= 15 is 0 Å². The van der Waals surface area contributed by atoms with Crippen LogP contribution in [0.2, 0.25) is 0 Å². The molecule has 0 spiro atoms. The van der Waals surface area contributed by atoms with E-state index in [2.05, 4.69) is 11.7 Å². The number of rotatable bonds is 6. The van der Waals surface area contributed by atoms with Crippen molar-refractivity contribution in [3.63, 3.8) is 0 Å². The molecular formula is C16H17F3N2O. The summed E-state index contributed by atoms with van der Waals surface area (Å²) >= 11 is 0. The smallest absolute Gasteiger partial charge is 0.296 e. The maximum absolute atomic E-state index is 13.1. The molecule has 1 rings (SSSR count). The van der Waals surface area contributed by atoms with E-state index in [1.54, 1.807) is 19.2 Å². The highest BCUT2D eigenvalue weighted by atomic mass is 19.4. The highest BCUT2D eigenvalue weighted by Gasteiger charge is 2.35. The standard InChI is InChI=1S/C16H17F3N2O/c1-4-10-21(3)20-12(2)15(22)11-14(16(17,18)19)13-8-6-5-7-9-13/h4-9,11H,1,10H2,2-3H3/b14-11+,20-12+. The average molecular weight is 310 g/mol. The Balaban J connectivity index is 3.13. The second kappa shape index (κ2) is 7.59. The summed E-state index contributed by atoms with van der Waals surface area (Å²) < 4.78 is 39.4. The Hall–Kier alpha value is -2.37. The van der Waals surface area contributed by atoms with Gasteiger partial charge in [-0.25, -0.2) is 0 Å². The highest BCUT2D eigenvalue weighted by Crippen LogP contribution is 2.33. The van der Waals surface area contributed by atoms with Gasteiger partial charge in [-0.2, -0.15) is 18.3 Å². The molecule has 0 saturated carbocycles. The van der Waals surface area contributed by atoms with E-state index in [0.29, 0.717) is 12.6 Å². The fraction of sp³-hybridized carbons (Fsp3) is 0.250. The van der Waals surface area contributed by atoms with E-state index in [9.17, 15) is 18.0 Å². The van der Waals surface area contributed by atoms with Crippen LogP contribution >= 0.6 is 0 Å². The van der Waals surface area contributed by atoms with Gasteiger partial charge >= 0.3 is 6.18 Å². The Bertz CT molecular complexity index is 589. The summed E-state index contributed by atoms with van der Waals surface area (Å²) in [5, 5.41) is 5.33. The van der Waals surface area contributed by atoms with Crippen LogP contribution in [0.4, 0.5) is 13.2 Å². The molecule has 0 atom stereocenters. The van der Waals surface area contributed by atoms with Crippen molar-refractivity contribution in [3.05, 3.63) is 54.6 Å². The number of hydrazone groups is 1. The van der Waals surface area contributed by atoms with Crippen LogP contribution < -0.4 is 0 Å². The van der Waals surface area contributed by atoms with Crippen LogP contribution in [-0.4, -0.2) is 36.3 Å². The first-order chi connectivity index (χ1) is 10.3. The lowest BCUT2D eigenvalue weighted by Crippen LogP contribution is -2.19. The van der Waals surface area contributed by atoms with Crippen molar-refractivity contribution < 1.29 is 18.0 Å². The lowest BCUT2D eigenvalue weighted by Gasteiger charge is -2.13. The first-order valence-electron chi connectivity index (χ1n) is 6.51. The van der Waals surface area contributed by atoms with Crippen molar-refractivity contribution in [1.29, 1.82) is 0 Å². The minimum Gasteiger partial charge on any atom is -0.296 e. The fourth-order valence-corrected chi connectivity index (χ4v) is 1.72. The molecule has 0 saturated heterocycles. The topological polar surface area (TPSA) is 32.7 Å². The third-order valence-electron chi connectivity index (χ3n) is 2.74. The summed E-state index contributed by atoms with van der Waals surface area (Å²) in [5.74, 6) is -0.785. The van der Waals surface area contributed by atoms with Gasteiger partial charge in [0.15, 0.2) is 0 Å². The Kier molecular flexibility index (Phi) is 6.10. The summed E-state index contributed by atoms with van der Waals surface area (Å²) in [5.41, 5.74) is -1.07. The van der Waals surface area contributed by atoms with E-state index in [0.717, 1.165) is 0 Å². The van der Waals surface area contributed by atoms with Gasteiger partial charge in [-0.3, -0.25) is 9.80 Å². The molecule has 0 amide bonds. The Morgan fingerprint density at radius 3 is 2.41 bits per heavy atom. The van der Waals surface area contributed by atoms with Crippen LogP contribution in [0.15, 0.2) is 54.2 Å². The summed E-state index contributed by atoms with van der Waals surface area (Å²) in [6.45, 7) is 5.28. The van der Waals surface area contributed by atoms with Crippen molar-refractivity contribution >= 4 is 17.1 Å². The van der Waals surface area contributed by atoms with Gasteiger partial charge in [0.05, 0.1) is 12.1 Å². The molecule has 1 aromatic rings. The molecule has 0 N–H and O–H groups in total. The molecule has 0 bridgehead atoms. The lowest BCUT2D eigenvalue weighted by atomic mass is 10.0. The minimum absolute atomic E-state index is 0.0259. The minimum atomic E-state index is -4.62. The number of allylic oxidation sites excluding steroid dienone is 2. The third kappa shape index (κ3) is 5.20. The second-order valence-corrected chi connectivity index (χ2v) is 4.60. The molecule has 22 heavy (non-hydrogen) atoms. The predicted molar refractivity (Wildman–Crippen MR) is 81.4 cm³/mol. The molecule has 0 heterocycles. The largest absolute Gasteiger partial charge is 0.417 e. The normalized spacial score (nSPS) is 13.0. The van der Waals surface area contributed by atoms with Gasteiger partial charge in [-0.15, -0.1) is 6.58 Å². The van der Waals surface area contributed by atoms with Crippen molar-refractivity contribution in [2.75, 3.05) is 13.6 Å². The monoisotopic (exact) mass is 310 g/mol. The van der Waals surface area contributed by atoms with Crippen LogP contribution in [0.3, 0.4) is 0 Å². The van der Waals surface area contributed by atoms with Gasteiger partial charge in [0.1, 0.15) is 5.71 Å². The zero-order chi connectivity index (χ0) is 16.8. The molecule has 118 valence electrons. The maximum Gasteiger partial charge on any atom is 0.417 e. The summed E-state index contributed by atoms with van der Waals surface area (Å²) in [4.78, 5) is 12.0. The van der Waals surface area contributed by atoms with Crippen LogP contribution in [0.1, 0.15) is 12.5 Å². The van der Waals surface area contributed by atoms with E-state index in [-0.39, 0.29) is 11.3 Å². The highest BCUT2D eigenvalue weighted by molar-refractivity contribution is 6.44. The van der Waals surface area contributed by atoms with Crippen molar-refractivity contribution in [1.82, 2.24) is 5.01 Å². The molecule has 0 aliphatic rings. The number of nitrogens with zero attached hydrogens (tertiary/aromatic N) is 2. The molecule has 0 aromatic heterocycles. The number of benzene rings is 1. The Morgan fingerprint density at radius 2 is 1.91 bits per heavy atom.